The van der Waals surface area contributed by atoms with Crippen molar-refractivity contribution in [2.45, 2.75) is 20.5 Å². The molecule has 0 aliphatic rings. The van der Waals surface area contributed by atoms with Crippen LogP contribution in [0.1, 0.15) is 40.4 Å². The van der Waals surface area contributed by atoms with Gasteiger partial charge < -0.3 is 9.47 Å². The Bertz CT molecular complexity index is 668. The van der Waals surface area contributed by atoms with Crippen LogP contribution in [0.2, 0.25) is 0 Å². The molecule has 1 aromatic carbocycles. The fraction of sp³-hybridized carbons (Fsp3) is 0.235. The van der Waals surface area contributed by atoms with Gasteiger partial charge in [0, 0.05) is 19.1 Å². The molecule has 114 valence electrons. The number of nitrogens with zero attached hydrogens (tertiary/aromatic N) is 1. The van der Waals surface area contributed by atoms with Crippen LogP contribution in [-0.2, 0) is 11.3 Å². The van der Waals surface area contributed by atoms with Crippen molar-refractivity contribution in [3.8, 4) is 5.75 Å². The van der Waals surface area contributed by atoms with Crippen molar-refractivity contribution in [2.24, 2.45) is 0 Å². The lowest BCUT2D eigenvalue weighted by atomic mass is 10.2. The van der Waals surface area contributed by atoms with Crippen LogP contribution in [0.15, 0.2) is 42.5 Å². The van der Waals surface area contributed by atoms with Gasteiger partial charge in [-0.2, -0.15) is 0 Å². The maximum Gasteiger partial charge on any atom is 0.357 e. The Balaban J connectivity index is 2.22. The summed E-state index contributed by atoms with van der Waals surface area (Å²) in [4.78, 5) is 27.3. The SMILES string of the molecule is CCOC(=O)c1cc(OCc2ccccc2)cc(C(C)=O)n1. The fourth-order valence-corrected chi connectivity index (χ4v) is 1.82. The average molecular weight is 299 g/mol. The molecule has 1 heterocycles. The molecular weight excluding hydrogens is 282 g/mol. The highest BCUT2D eigenvalue weighted by Crippen LogP contribution is 2.17. The fourth-order valence-electron chi connectivity index (χ4n) is 1.82. The summed E-state index contributed by atoms with van der Waals surface area (Å²) < 4.78 is 10.6. The molecule has 0 amide bonds. The molecule has 5 heteroatoms. The van der Waals surface area contributed by atoms with Gasteiger partial charge in [0.25, 0.3) is 0 Å². The van der Waals surface area contributed by atoms with E-state index in [1.165, 1.54) is 19.1 Å². The van der Waals surface area contributed by atoms with Gasteiger partial charge in [0.2, 0.25) is 0 Å². The summed E-state index contributed by atoms with van der Waals surface area (Å²) in [6.45, 7) is 3.67. The van der Waals surface area contributed by atoms with E-state index in [1.807, 2.05) is 30.3 Å². The second-order valence-corrected chi connectivity index (χ2v) is 4.62. The summed E-state index contributed by atoms with van der Waals surface area (Å²) in [5.74, 6) is -0.405. The molecule has 0 N–H and O–H groups in total. The molecule has 0 bridgehead atoms. The van der Waals surface area contributed by atoms with Crippen molar-refractivity contribution in [3.63, 3.8) is 0 Å². The molecule has 5 nitrogen and oxygen atoms in total. The summed E-state index contributed by atoms with van der Waals surface area (Å²) in [5.41, 5.74) is 1.23. The molecule has 0 aliphatic carbocycles. The predicted molar refractivity (Wildman–Crippen MR) is 81.0 cm³/mol. The van der Waals surface area contributed by atoms with Gasteiger partial charge in [-0.3, -0.25) is 4.79 Å². The van der Waals surface area contributed by atoms with E-state index < -0.39 is 5.97 Å². The van der Waals surface area contributed by atoms with Crippen LogP contribution >= 0.6 is 0 Å². The number of Topliss-reactive ketones (excluding diaryl/α,β-unsaturated/α-hetero) is 1. The Morgan fingerprint density at radius 3 is 2.41 bits per heavy atom. The number of pyridine rings is 1. The largest absolute Gasteiger partial charge is 0.489 e. The summed E-state index contributed by atoms with van der Waals surface area (Å²) in [5, 5.41) is 0. The van der Waals surface area contributed by atoms with Crippen molar-refractivity contribution in [2.75, 3.05) is 6.61 Å². The van der Waals surface area contributed by atoms with Gasteiger partial charge >= 0.3 is 5.97 Å². The van der Waals surface area contributed by atoms with Crippen molar-refractivity contribution >= 4 is 11.8 Å². The summed E-state index contributed by atoms with van der Waals surface area (Å²) in [7, 11) is 0. The number of ketones is 1. The lowest BCUT2D eigenvalue weighted by Gasteiger charge is -2.09. The minimum absolute atomic E-state index is 0.0672. The van der Waals surface area contributed by atoms with Crippen LogP contribution in [0.25, 0.3) is 0 Å². The molecule has 0 atom stereocenters. The highest BCUT2D eigenvalue weighted by atomic mass is 16.5. The molecule has 1 aromatic heterocycles. The monoisotopic (exact) mass is 299 g/mol. The lowest BCUT2D eigenvalue weighted by molar-refractivity contribution is 0.0518. The Labute approximate surface area is 128 Å². The van der Waals surface area contributed by atoms with Crippen molar-refractivity contribution in [1.82, 2.24) is 4.98 Å². The van der Waals surface area contributed by atoms with Crippen molar-refractivity contribution in [3.05, 3.63) is 59.4 Å². The summed E-state index contributed by atoms with van der Waals surface area (Å²) >= 11 is 0. The molecule has 0 aliphatic heterocycles. The third-order valence-electron chi connectivity index (χ3n) is 2.89. The van der Waals surface area contributed by atoms with Crippen LogP contribution in [0.4, 0.5) is 0 Å². The van der Waals surface area contributed by atoms with E-state index in [4.69, 9.17) is 9.47 Å². The second-order valence-electron chi connectivity index (χ2n) is 4.62. The quantitative estimate of drug-likeness (QED) is 0.606. The number of esters is 1. The molecule has 2 rings (SSSR count). The molecule has 0 fully saturated rings. The zero-order chi connectivity index (χ0) is 15.9. The van der Waals surface area contributed by atoms with Crippen LogP contribution in [0.3, 0.4) is 0 Å². The molecular formula is C17H17NO4. The van der Waals surface area contributed by atoms with Gasteiger partial charge in [-0.05, 0) is 12.5 Å². The first kappa shape index (κ1) is 15.7. The number of hydrogen-bond donors (Lipinski definition) is 0. The van der Waals surface area contributed by atoms with Gasteiger partial charge in [0.05, 0.1) is 6.61 Å². The second kappa shape index (κ2) is 7.36. The normalized spacial score (nSPS) is 10.1. The molecule has 0 saturated heterocycles. The van der Waals surface area contributed by atoms with Crippen molar-refractivity contribution < 1.29 is 19.1 Å². The number of carbonyl (C=O) groups excluding carboxylic acids is 2. The lowest BCUT2D eigenvalue weighted by Crippen LogP contribution is -2.11. The summed E-state index contributed by atoms with van der Waals surface area (Å²) in [6.07, 6.45) is 0. The molecule has 0 spiro atoms. The first-order chi connectivity index (χ1) is 10.6. The number of rotatable bonds is 6. The van der Waals surface area contributed by atoms with E-state index in [0.717, 1.165) is 5.56 Å². The number of benzene rings is 1. The highest BCUT2D eigenvalue weighted by Gasteiger charge is 2.14. The van der Waals surface area contributed by atoms with E-state index >= 15 is 0 Å². The number of hydrogen-bond acceptors (Lipinski definition) is 5. The molecule has 22 heavy (non-hydrogen) atoms. The standard InChI is InChI=1S/C17H17NO4/c1-3-21-17(20)16-10-14(9-15(18-16)12(2)19)22-11-13-7-5-4-6-8-13/h4-10H,3,11H2,1-2H3. The number of carbonyl (C=O) groups is 2. The topological polar surface area (TPSA) is 65.5 Å². The van der Waals surface area contributed by atoms with E-state index in [1.54, 1.807) is 6.92 Å². The number of ether oxygens (including phenoxy) is 2. The van der Waals surface area contributed by atoms with Crippen molar-refractivity contribution in [1.29, 1.82) is 0 Å². The molecule has 2 aromatic rings. The van der Waals surface area contributed by atoms with E-state index in [9.17, 15) is 9.59 Å². The average Bonchev–Trinajstić information content (AvgIpc) is 2.54. The Hall–Kier alpha value is -2.69. The number of aromatic nitrogens is 1. The van der Waals surface area contributed by atoms with E-state index in [0.29, 0.717) is 12.4 Å². The Kier molecular flexibility index (Phi) is 5.25. The third-order valence-corrected chi connectivity index (χ3v) is 2.89. The van der Waals surface area contributed by atoms with Crippen LogP contribution in [0, 0.1) is 0 Å². The first-order valence-corrected chi connectivity index (χ1v) is 6.97. The molecule has 0 radical (unpaired) electrons. The molecule has 0 unspecified atom stereocenters. The maximum atomic E-state index is 11.8. The zero-order valence-corrected chi connectivity index (χ0v) is 12.5. The maximum absolute atomic E-state index is 11.8. The minimum atomic E-state index is -0.574. The van der Waals surface area contributed by atoms with Gasteiger partial charge in [0.15, 0.2) is 11.5 Å². The Morgan fingerprint density at radius 1 is 1.09 bits per heavy atom. The Morgan fingerprint density at radius 2 is 1.77 bits per heavy atom. The zero-order valence-electron chi connectivity index (χ0n) is 12.5. The minimum Gasteiger partial charge on any atom is -0.489 e. The van der Waals surface area contributed by atoms with Gasteiger partial charge in [0.1, 0.15) is 18.1 Å². The van der Waals surface area contributed by atoms with Gasteiger partial charge in [-0.15, -0.1) is 0 Å². The van der Waals surface area contributed by atoms with E-state index in [-0.39, 0.29) is 23.8 Å². The van der Waals surface area contributed by atoms with Crippen LogP contribution < -0.4 is 4.74 Å². The first-order valence-electron chi connectivity index (χ1n) is 6.97. The predicted octanol–water partition coefficient (Wildman–Crippen LogP) is 3.04. The molecule has 0 saturated carbocycles. The van der Waals surface area contributed by atoms with Gasteiger partial charge in [-0.1, -0.05) is 30.3 Å². The summed E-state index contributed by atoms with van der Waals surface area (Å²) in [6, 6.07) is 12.6. The van der Waals surface area contributed by atoms with Crippen LogP contribution in [-0.4, -0.2) is 23.3 Å². The third kappa shape index (κ3) is 4.15. The van der Waals surface area contributed by atoms with Gasteiger partial charge in [-0.25, -0.2) is 9.78 Å². The smallest absolute Gasteiger partial charge is 0.357 e. The van der Waals surface area contributed by atoms with Crippen LogP contribution in [0.5, 0.6) is 5.75 Å². The highest BCUT2D eigenvalue weighted by molar-refractivity contribution is 5.95. The van der Waals surface area contributed by atoms with E-state index in [2.05, 4.69) is 4.98 Å².